The van der Waals surface area contributed by atoms with Gasteiger partial charge < -0.3 is 4.90 Å². The van der Waals surface area contributed by atoms with Crippen LogP contribution in [0.1, 0.15) is 0 Å². The summed E-state index contributed by atoms with van der Waals surface area (Å²) in [6.45, 7) is 3.18. The fourth-order valence-electron chi connectivity index (χ4n) is 2.48. The first kappa shape index (κ1) is 17.9. The van der Waals surface area contributed by atoms with Gasteiger partial charge in [-0.05, 0) is 24.7 Å². The van der Waals surface area contributed by atoms with Crippen LogP contribution in [0.15, 0.2) is 60.7 Å². The maximum absolute atomic E-state index is 4.38. The molecule has 0 aliphatic rings. The van der Waals surface area contributed by atoms with E-state index in [9.17, 15) is 0 Å². The van der Waals surface area contributed by atoms with Gasteiger partial charge in [0.1, 0.15) is 0 Å². The average Bonchev–Trinajstić information content (AvgIpc) is 2.57. The first-order valence-corrected chi connectivity index (χ1v) is 10.5. The molecule has 118 valence electrons. The molecule has 0 fully saturated rings. The second-order valence-corrected chi connectivity index (χ2v) is 8.34. The fraction of sp³-hybridized carbons (Fsp3) is 0.333. The lowest BCUT2D eigenvalue weighted by molar-refractivity contribution is 0.329. The first-order chi connectivity index (χ1) is 10.8. The highest BCUT2D eigenvalue weighted by Gasteiger charge is 2.14. The van der Waals surface area contributed by atoms with Gasteiger partial charge in [0.15, 0.2) is 0 Å². The van der Waals surface area contributed by atoms with E-state index in [1.807, 2.05) is 0 Å². The number of thiol groups is 2. The Morgan fingerprint density at radius 3 is 1.55 bits per heavy atom. The highest BCUT2D eigenvalue weighted by atomic mass is 32.1. The van der Waals surface area contributed by atoms with Crippen molar-refractivity contribution in [2.45, 2.75) is 0 Å². The Morgan fingerprint density at radius 2 is 1.14 bits per heavy atom. The van der Waals surface area contributed by atoms with Crippen molar-refractivity contribution < 1.29 is 0 Å². The summed E-state index contributed by atoms with van der Waals surface area (Å²) < 4.78 is 0. The second kappa shape index (κ2) is 10.3. The third-order valence-electron chi connectivity index (χ3n) is 3.61. The average molecular weight is 350 g/mol. The second-order valence-electron chi connectivity index (χ2n) is 5.11. The molecular weight excluding hydrogens is 325 g/mol. The van der Waals surface area contributed by atoms with Gasteiger partial charge in [-0.1, -0.05) is 60.7 Å². The molecule has 2 aromatic carbocycles. The summed E-state index contributed by atoms with van der Waals surface area (Å²) in [5.74, 6) is 1.81. The van der Waals surface area contributed by atoms with E-state index in [1.54, 1.807) is 0 Å². The molecule has 0 atom stereocenters. The highest BCUT2D eigenvalue weighted by Crippen LogP contribution is 2.33. The van der Waals surface area contributed by atoms with E-state index in [1.165, 1.54) is 16.8 Å². The van der Waals surface area contributed by atoms with Crippen LogP contribution in [-0.4, -0.2) is 42.2 Å². The van der Waals surface area contributed by atoms with Crippen LogP contribution in [-0.2, 0) is 0 Å². The van der Waals surface area contributed by atoms with E-state index in [2.05, 4.69) is 90.8 Å². The van der Waals surface area contributed by atoms with Gasteiger partial charge in [-0.2, -0.15) is 25.3 Å². The molecule has 0 bridgehead atoms. The third-order valence-corrected chi connectivity index (χ3v) is 6.50. The number of benzene rings is 2. The Bertz CT molecular complexity index is 476. The van der Waals surface area contributed by atoms with Crippen LogP contribution in [0.3, 0.4) is 0 Å². The summed E-state index contributed by atoms with van der Waals surface area (Å²) >= 11 is 8.75. The largest absolute Gasteiger partial charge is 0.301 e. The minimum absolute atomic E-state index is 0.296. The predicted molar refractivity (Wildman–Crippen MR) is 108 cm³/mol. The van der Waals surface area contributed by atoms with Crippen LogP contribution < -0.4 is 10.6 Å². The van der Waals surface area contributed by atoms with Crippen molar-refractivity contribution in [1.29, 1.82) is 0 Å². The van der Waals surface area contributed by atoms with Crippen LogP contribution >= 0.6 is 33.2 Å². The molecular formula is C18H24NPS2. The quantitative estimate of drug-likeness (QED) is 0.519. The van der Waals surface area contributed by atoms with Crippen LogP contribution in [0, 0.1) is 0 Å². The summed E-state index contributed by atoms with van der Waals surface area (Å²) in [4.78, 5) is 2.47. The molecule has 2 aromatic rings. The van der Waals surface area contributed by atoms with Gasteiger partial charge in [-0.25, -0.2) is 0 Å². The van der Waals surface area contributed by atoms with Crippen molar-refractivity contribution in [3.05, 3.63) is 60.7 Å². The molecule has 1 nitrogen and oxygen atoms in total. The Morgan fingerprint density at radius 1 is 0.682 bits per heavy atom. The molecule has 0 saturated carbocycles. The standard InChI is InChI=1S/C18H24NPS2/c21-15-12-19(13-16-22)11-14-20(17-7-3-1-4-8-17)18-9-5-2-6-10-18/h1-10,21-22H,11-16H2. The zero-order chi connectivity index (χ0) is 15.6. The van der Waals surface area contributed by atoms with Crippen molar-refractivity contribution in [3.8, 4) is 0 Å². The highest BCUT2D eigenvalue weighted by molar-refractivity contribution is 7.80. The number of hydrogen-bond acceptors (Lipinski definition) is 3. The minimum Gasteiger partial charge on any atom is -0.301 e. The van der Waals surface area contributed by atoms with Gasteiger partial charge in [-0.3, -0.25) is 0 Å². The number of rotatable bonds is 9. The van der Waals surface area contributed by atoms with Crippen molar-refractivity contribution in [2.24, 2.45) is 0 Å². The fourth-order valence-corrected chi connectivity index (χ4v) is 5.41. The Kier molecular flexibility index (Phi) is 8.40. The molecule has 0 unspecified atom stereocenters. The first-order valence-electron chi connectivity index (χ1n) is 7.67. The van der Waals surface area contributed by atoms with Gasteiger partial charge in [0.25, 0.3) is 0 Å². The molecule has 0 amide bonds. The van der Waals surface area contributed by atoms with Crippen LogP contribution in [0.5, 0.6) is 0 Å². The number of nitrogens with zero attached hydrogens (tertiary/aromatic N) is 1. The van der Waals surface area contributed by atoms with Gasteiger partial charge in [-0.15, -0.1) is 0 Å². The summed E-state index contributed by atoms with van der Waals surface area (Å²) in [5.41, 5.74) is 0. The molecule has 0 spiro atoms. The molecule has 0 heterocycles. The van der Waals surface area contributed by atoms with Gasteiger partial charge >= 0.3 is 0 Å². The molecule has 0 aliphatic carbocycles. The maximum atomic E-state index is 4.38. The molecule has 0 aromatic heterocycles. The SMILES string of the molecule is SCCN(CCS)CCP(c1ccccc1)c1ccccc1. The number of hydrogen-bond donors (Lipinski definition) is 2. The molecule has 2 rings (SSSR count). The van der Waals surface area contributed by atoms with Crippen molar-refractivity contribution in [3.63, 3.8) is 0 Å². The molecule has 4 heteroatoms. The molecule has 0 N–H and O–H groups in total. The lowest BCUT2D eigenvalue weighted by atomic mass is 10.4. The monoisotopic (exact) mass is 349 g/mol. The summed E-state index contributed by atoms with van der Waals surface area (Å²) in [6.07, 6.45) is 1.19. The smallest absolute Gasteiger partial charge is 0.00703 e. The Hall–Kier alpha value is -0.470. The zero-order valence-corrected chi connectivity index (χ0v) is 15.5. The zero-order valence-electron chi connectivity index (χ0n) is 12.8. The van der Waals surface area contributed by atoms with Gasteiger partial charge in [0.2, 0.25) is 0 Å². The normalized spacial score (nSPS) is 11.3. The summed E-state index contributed by atoms with van der Waals surface area (Å²) in [6, 6.07) is 21.8. The summed E-state index contributed by atoms with van der Waals surface area (Å²) in [7, 11) is -0.296. The Balaban J connectivity index is 2.12. The van der Waals surface area contributed by atoms with Crippen molar-refractivity contribution >= 4 is 43.8 Å². The van der Waals surface area contributed by atoms with E-state index < -0.39 is 0 Å². The van der Waals surface area contributed by atoms with E-state index in [-0.39, 0.29) is 7.92 Å². The predicted octanol–water partition coefficient (Wildman–Crippen LogP) is 3.28. The van der Waals surface area contributed by atoms with E-state index in [0.29, 0.717) is 0 Å². The maximum Gasteiger partial charge on any atom is 0.00703 e. The van der Waals surface area contributed by atoms with Crippen LogP contribution in [0.4, 0.5) is 0 Å². The molecule has 0 radical (unpaired) electrons. The van der Waals surface area contributed by atoms with Crippen molar-refractivity contribution in [1.82, 2.24) is 4.90 Å². The Labute approximate surface area is 146 Å². The summed E-state index contributed by atoms with van der Waals surface area (Å²) in [5, 5.41) is 2.92. The van der Waals surface area contributed by atoms with Crippen LogP contribution in [0.25, 0.3) is 0 Å². The molecule has 0 aliphatic heterocycles. The van der Waals surface area contributed by atoms with E-state index in [0.717, 1.165) is 31.1 Å². The topological polar surface area (TPSA) is 3.24 Å². The van der Waals surface area contributed by atoms with E-state index in [4.69, 9.17) is 0 Å². The van der Waals surface area contributed by atoms with Gasteiger partial charge in [0.05, 0.1) is 0 Å². The molecule has 22 heavy (non-hydrogen) atoms. The van der Waals surface area contributed by atoms with E-state index >= 15 is 0 Å². The van der Waals surface area contributed by atoms with Gasteiger partial charge in [0, 0.05) is 31.1 Å². The molecule has 0 saturated heterocycles. The lowest BCUT2D eigenvalue weighted by Crippen LogP contribution is -2.32. The third kappa shape index (κ3) is 5.62. The van der Waals surface area contributed by atoms with Crippen molar-refractivity contribution in [2.75, 3.05) is 37.3 Å². The minimum atomic E-state index is -0.296. The van der Waals surface area contributed by atoms with Crippen LogP contribution in [0.2, 0.25) is 0 Å². The lowest BCUT2D eigenvalue weighted by Gasteiger charge is -2.25.